The van der Waals surface area contributed by atoms with Gasteiger partial charge in [0.2, 0.25) is 0 Å². The summed E-state index contributed by atoms with van der Waals surface area (Å²) in [6.45, 7) is 4.39. The second-order valence-electron chi connectivity index (χ2n) is 6.02. The molecule has 0 radical (unpaired) electrons. The number of rotatable bonds is 4. The molecular weight excluding hydrogens is 234 g/mol. The summed E-state index contributed by atoms with van der Waals surface area (Å²) < 4.78 is 0. The second kappa shape index (κ2) is 6.42. The van der Waals surface area contributed by atoms with E-state index in [9.17, 15) is 5.11 Å². The highest BCUT2D eigenvalue weighted by Gasteiger charge is 2.24. The van der Waals surface area contributed by atoms with E-state index in [1.165, 1.54) is 31.4 Å². The predicted molar refractivity (Wildman–Crippen MR) is 81.5 cm³/mol. The van der Waals surface area contributed by atoms with Crippen LogP contribution in [0.25, 0.3) is 0 Å². The number of hydrogen-bond donors (Lipinski definition) is 1. The van der Waals surface area contributed by atoms with Crippen LogP contribution in [0.5, 0.6) is 0 Å². The van der Waals surface area contributed by atoms with Gasteiger partial charge in [-0.2, -0.15) is 0 Å². The van der Waals surface area contributed by atoms with Gasteiger partial charge in [0, 0.05) is 24.3 Å². The molecule has 0 saturated heterocycles. The Morgan fingerprint density at radius 3 is 2.74 bits per heavy atom. The Balaban J connectivity index is 2.20. The van der Waals surface area contributed by atoms with Gasteiger partial charge in [-0.3, -0.25) is 0 Å². The number of benzene rings is 1. The normalized spacial score (nSPS) is 25.1. The number of hydrogen-bond acceptors (Lipinski definition) is 2. The van der Waals surface area contributed by atoms with Gasteiger partial charge in [-0.1, -0.05) is 44.9 Å². The van der Waals surface area contributed by atoms with Gasteiger partial charge in [0.1, 0.15) is 0 Å². The highest BCUT2D eigenvalue weighted by Crippen LogP contribution is 2.33. The summed E-state index contributed by atoms with van der Waals surface area (Å²) in [4.78, 5) is 2.39. The Labute approximate surface area is 117 Å². The van der Waals surface area contributed by atoms with E-state index in [0.717, 1.165) is 17.9 Å². The average Bonchev–Trinajstić information content (AvgIpc) is 2.45. The van der Waals surface area contributed by atoms with Crippen molar-refractivity contribution in [2.24, 2.45) is 5.92 Å². The van der Waals surface area contributed by atoms with Crippen LogP contribution in [0.15, 0.2) is 24.3 Å². The van der Waals surface area contributed by atoms with Gasteiger partial charge in [0.25, 0.3) is 0 Å². The summed E-state index contributed by atoms with van der Waals surface area (Å²) in [6.07, 6.45) is 5.66. The van der Waals surface area contributed by atoms with Crippen LogP contribution in [-0.4, -0.2) is 18.2 Å². The van der Waals surface area contributed by atoms with Crippen molar-refractivity contribution in [3.8, 4) is 0 Å². The van der Waals surface area contributed by atoms with E-state index < -0.39 is 0 Å². The summed E-state index contributed by atoms with van der Waals surface area (Å²) in [6, 6.07) is 8.92. The van der Waals surface area contributed by atoms with Crippen molar-refractivity contribution < 1.29 is 5.11 Å². The molecule has 0 bridgehead atoms. The lowest BCUT2D eigenvalue weighted by Gasteiger charge is -2.37. The molecule has 0 heterocycles. The van der Waals surface area contributed by atoms with E-state index in [2.05, 4.69) is 37.1 Å². The monoisotopic (exact) mass is 261 g/mol. The molecule has 0 spiro atoms. The lowest BCUT2D eigenvalue weighted by molar-refractivity contribution is 0.174. The summed E-state index contributed by atoms with van der Waals surface area (Å²) in [5, 5.41) is 10.2. The van der Waals surface area contributed by atoms with Crippen molar-refractivity contribution >= 4 is 5.69 Å². The van der Waals surface area contributed by atoms with E-state index in [1.54, 1.807) is 0 Å². The maximum atomic E-state index is 10.2. The third-order valence-corrected chi connectivity index (χ3v) is 4.52. The van der Waals surface area contributed by atoms with E-state index in [1.807, 2.05) is 13.0 Å². The number of nitrogens with zero attached hydrogens (tertiary/aromatic N) is 1. The zero-order chi connectivity index (χ0) is 13.8. The molecule has 106 valence electrons. The molecule has 0 aromatic heterocycles. The third-order valence-electron chi connectivity index (χ3n) is 4.52. The fourth-order valence-corrected chi connectivity index (χ4v) is 3.26. The minimum atomic E-state index is -0.348. The molecule has 1 aliphatic carbocycles. The molecule has 0 aliphatic heterocycles. The van der Waals surface area contributed by atoms with Crippen molar-refractivity contribution in [3.05, 3.63) is 29.8 Å². The fraction of sp³-hybridized carbons (Fsp3) is 0.647. The van der Waals surface area contributed by atoms with Gasteiger partial charge in [-0.15, -0.1) is 0 Å². The Kier molecular flexibility index (Phi) is 4.87. The molecular formula is C17H27NO. The molecule has 2 unspecified atom stereocenters. The number of aliphatic hydroxyl groups excluding tert-OH is 1. The molecule has 1 fully saturated rings. The van der Waals surface area contributed by atoms with Crippen LogP contribution in [-0.2, 0) is 0 Å². The average molecular weight is 261 g/mol. The van der Waals surface area contributed by atoms with Crippen molar-refractivity contribution in [1.82, 2.24) is 0 Å². The summed E-state index contributed by atoms with van der Waals surface area (Å²) in [5.41, 5.74) is 2.28. The van der Waals surface area contributed by atoms with Gasteiger partial charge < -0.3 is 10.0 Å². The highest BCUT2D eigenvalue weighted by molar-refractivity contribution is 5.54. The van der Waals surface area contributed by atoms with Crippen molar-refractivity contribution in [3.63, 3.8) is 0 Å². The van der Waals surface area contributed by atoms with E-state index >= 15 is 0 Å². The molecule has 1 N–H and O–H groups in total. The van der Waals surface area contributed by atoms with Crippen LogP contribution in [0.2, 0.25) is 0 Å². The van der Waals surface area contributed by atoms with Crippen molar-refractivity contribution in [1.29, 1.82) is 0 Å². The van der Waals surface area contributed by atoms with Gasteiger partial charge in [-0.05, 0) is 31.2 Å². The Hall–Kier alpha value is -1.02. The molecule has 2 rings (SSSR count). The van der Waals surface area contributed by atoms with Crippen LogP contribution in [0.3, 0.4) is 0 Å². The highest BCUT2D eigenvalue weighted by atomic mass is 16.3. The fourth-order valence-electron chi connectivity index (χ4n) is 3.26. The van der Waals surface area contributed by atoms with Crippen LogP contribution < -0.4 is 4.90 Å². The molecule has 1 aromatic rings. The van der Waals surface area contributed by atoms with Crippen LogP contribution in [0.4, 0.5) is 5.69 Å². The minimum Gasteiger partial charge on any atom is -0.388 e. The van der Waals surface area contributed by atoms with E-state index in [4.69, 9.17) is 0 Å². The third kappa shape index (κ3) is 3.30. The minimum absolute atomic E-state index is 0.348. The van der Waals surface area contributed by atoms with Crippen LogP contribution >= 0.6 is 0 Å². The number of para-hydroxylation sites is 1. The van der Waals surface area contributed by atoms with E-state index in [0.29, 0.717) is 6.04 Å². The molecule has 1 saturated carbocycles. The SMILES string of the molecule is CC[C@@H](O)c1ccccc1N(C)C1CCCC(C)C1. The summed E-state index contributed by atoms with van der Waals surface area (Å²) >= 11 is 0. The number of aliphatic hydroxyl groups is 1. The topological polar surface area (TPSA) is 23.5 Å². The summed E-state index contributed by atoms with van der Waals surface area (Å²) in [7, 11) is 2.18. The lowest BCUT2D eigenvalue weighted by atomic mass is 9.86. The predicted octanol–water partition coefficient (Wildman–Crippen LogP) is 4.14. The standard InChI is InChI=1S/C17H27NO/c1-4-17(19)15-10-5-6-11-16(15)18(3)14-9-7-8-13(2)12-14/h5-6,10-11,13-14,17,19H,4,7-9,12H2,1-3H3/t13?,14?,17-/m1/s1. The molecule has 1 aromatic carbocycles. The lowest BCUT2D eigenvalue weighted by Crippen LogP contribution is -2.36. The maximum Gasteiger partial charge on any atom is 0.0807 e. The zero-order valence-corrected chi connectivity index (χ0v) is 12.5. The zero-order valence-electron chi connectivity index (χ0n) is 12.5. The number of anilines is 1. The first-order valence-corrected chi connectivity index (χ1v) is 7.63. The quantitative estimate of drug-likeness (QED) is 0.880. The first-order valence-electron chi connectivity index (χ1n) is 7.63. The largest absolute Gasteiger partial charge is 0.388 e. The smallest absolute Gasteiger partial charge is 0.0807 e. The molecule has 0 amide bonds. The second-order valence-corrected chi connectivity index (χ2v) is 6.02. The van der Waals surface area contributed by atoms with Crippen molar-refractivity contribution in [2.75, 3.05) is 11.9 Å². The van der Waals surface area contributed by atoms with Gasteiger partial charge in [-0.25, -0.2) is 0 Å². The Morgan fingerprint density at radius 1 is 1.32 bits per heavy atom. The van der Waals surface area contributed by atoms with Crippen LogP contribution in [0, 0.1) is 5.92 Å². The van der Waals surface area contributed by atoms with E-state index in [-0.39, 0.29) is 6.10 Å². The molecule has 1 aliphatic rings. The maximum absolute atomic E-state index is 10.2. The molecule has 19 heavy (non-hydrogen) atoms. The Bertz CT molecular complexity index is 404. The van der Waals surface area contributed by atoms with Gasteiger partial charge >= 0.3 is 0 Å². The van der Waals surface area contributed by atoms with Crippen molar-refractivity contribution in [2.45, 2.75) is 58.1 Å². The molecule has 2 nitrogen and oxygen atoms in total. The first kappa shape index (κ1) is 14.4. The molecule has 3 atom stereocenters. The molecule has 2 heteroatoms. The van der Waals surface area contributed by atoms with Crippen LogP contribution in [0.1, 0.15) is 57.6 Å². The summed E-state index contributed by atoms with van der Waals surface area (Å²) in [5.74, 6) is 0.824. The Morgan fingerprint density at radius 2 is 2.05 bits per heavy atom. The van der Waals surface area contributed by atoms with Gasteiger partial charge in [0.15, 0.2) is 0 Å². The first-order chi connectivity index (χ1) is 9.13. The van der Waals surface area contributed by atoms with Gasteiger partial charge in [0.05, 0.1) is 6.10 Å².